The Kier molecular flexibility index (Phi) is 3.20. The average Bonchev–Trinajstić information content (AvgIpc) is 2.82. The van der Waals surface area contributed by atoms with Gasteiger partial charge in [-0.05, 0) is 18.2 Å². The predicted molar refractivity (Wildman–Crippen MR) is 68.6 cm³/mol. The maximum Gasteiger partial charge on any atom is 0.159 e. The maximum absolute atomic E-state index is 13.4. The number of nitriles is 1. The van der Waals surface area contributed by atoms with Crippen LogP contribution in [0.4, 0.5) is 8.78 Å². The van der Waals surface area contributed by atoms with Gasteiger partial charge in [0.1, 0.15) is 6.54 Å². The van der Waals surface area contributed by atoms with Crippen LogP contribution in [0.25, 0.3) is 11.3 Å². The quantitative estimate of drug-likeness (QED) is 0.911. The van der Waals surface area contributed by atoms with Crippen molar-refractivity contribution in [2.24, 2.45) is 0 Å². The Hall–Kier alpha value is -2.26. The molecule has 3 rings (SSSR count). The van der Waals surface area contributed by atoms with Crippen molar-refractivity contribution in [2.75, 3.05) is 6.54 Å². The number of nitrogens with one attached hydrogen (secondary N) is 1. The molecule has 6 heteroatoms. The highest BCUT2D eigenvalue weighted by molar-refractivity contribution is 5.64. The van der Waals surface area contributed by atoms with Gasteiger partial charge in [0.05, 0.1) is 11.8 Å². The maximum atomic E-state index is 13.4. The van der Waals surface area contributed by atoms with Gasteiger partial charge in [0.25, 0.3) is 0 Å². The van der Waals surface area contributed by atoms with E-state index < -0.39 is 11.6 Å². The van der Waals surface area contributed by atoms with E-state index in [-0.39, 0.29) is 6.54 Å². The van der Waals surface area contributed by atoms with E-state index in [0.29, 0.717) is 17.8 Å². The highest BCUT2D eigenvalue weighted by Gasteiger charge is 2.21. The summed E-state index contributed by atoms with van der Waals surface area (Å²) in [6, 6.07) is 5.81. The smallest absolute Gasteiger partial charge is 0.159 e. The fraction of sp³-hybridized carbons (Fsp3) is 0.286. The van der Waals surface area contributed by atoms with Crippen LogP contribution in [0.1, 0.15) is 11.3 Å². The fourth-order valence-electron chi connectivity index (χ4n) is 2.49. The van der Waals surface area contributed by atoms with Crippen LogP contribution in [0.5, 0.6) is 0 Å². The number of aromatic nitrogens is 2. The standard InChI is InChI=1S/C14H12F2N4/c15-11-2-1-9(7-12(11)16)14-10-8-18-5-3-13(10)20(19-14)6-4-17/h1-2,7,18H,3,5-6,8H2. The fourth-order valence-corrected chi connectivity index (χ4v) is 2.49. The molecule has 1 aliphatic heterocycles. The van der Waals surface area contributed by atoms with Gasteiger partial charge in [-0.2, -0.15) is 10.4 Å². The van der Waals surface area contributed by atoms with Gasteiger partial charge in [0, 0.05) is 36.3 Å². The first kappa shape index (κ1) is 12.8. The minimum Gasteiger partial charge on any atom is -0.312 e. The average molecular weight is 274 g/mol. The number of hydrogen-bond donors (Lipinski definition) is 1. The zero-order chi connectivity index (χ0) is 14.1. The Balaban J connectivity index is 2.13. The van der Waals surface area contributed by atoms with Crippen LogP contribution in [0.15, 0.2) is 18.2 Å². The third kappa shape index (κ3) is 2.06. The summed E-state index contributed by atoms with van der Waals surface area (Å²) in [7, 11) is 0. The van der Waals surface area contributed by atoms with E-state index in [1.165, 1.54) is 6.07 Å². The third-order valence-corrected chi connectivity index (χ3v) is 3.42. The second kappa shape index (κ2) is 5.02. The van der Waals surface area contributed by atoms with E-state index in [9.17, 15) is 8.78 Å². The molecule has 20 heavy (non-hydrogen) atoms. The predicted octanol–water partition coefficient (Wildman–Crippen LogP) is 2.00. The lowest BCUT2D eigenvalue weighted by molar-refractivity contribution is 0.509. The Bertz CT molecular complexity index is 700. The summed E-state index contributed by atoms with van der Waals surface area (Å²) in [4.78, 5) is 0. The number of halogens is 2. The lowest BCUT2D eigenvalue weighted by Crippen LogP contribution is -2.24. The SMILES string of the molecule is N#CCn1nc(-c2ccc(F)c(F)c2)c2c1CCNC2. The van der Waals surface area contributed by atoms with Crippen molar-refractivity contribution >= 4 is 0 Å². The van der Waals surface area contributed by atoms with E-state index in [2.05, 4.69) is 16.5 Å². The largest absolute Gasteiger partial charge is 0.312 e. The molecule has 2 heterocycles. The van der Waals surface area contributed by atoms with E-state index in [1.54, 1.807) is 4.68 Å². The molecule has 0 fully saturated rings. The molecular formula is C14H12F2N4. The molecule has 0 saturated carbocycles. The highest BCUT2D eigenvalue weighted by Crippen LogP contribution is 2.28. The number of nitrogens with zero attached hydrogens (tertiary/aromatic N) is 3. The minimum atomic E-state index is -0.894. The molecule has 1 aromatic heterocycles. The first-order valence-corrected chi connectivity index (χ1v) is 6.32. The molecule has 0 bridgehead atoms. The van der Waals surface area contributed by atoms with Gasteiger partial charge in [-0.25, -0.2) is 8.78 Å². The first-order valence-electron chi connectivity index (χ1n) is 6.32. The molecule has 0 spiro atoms. The minimum absolute atomic E-state index is 0.159. The van der Waals surface area contributed by atoms with Crippen LogP contribution in [0.3, 0.4) is 0 Å². The molecular weight excluding hydrogens is 262 g/mol. The molecule has 1 aliphatic rings. The molecule has 102 valence electrons. The molecule has 0 aliphatic carbocycles. The van der Waals surface area contributed by atoms with E-state index in [0.717, 1.165) is 36.4 Å². The topological polar surface area (TPSA) is 53.6 Å². The van der Waals surface area contributed by atoms with Gasteiger partial charge in [0.2, 0.25) is 0 Å². The summed E-state index contributed by atoms with van der Waals surface area (Å²) in [5, 5.41) is 16.5. The van der Waals surface area contributed by atoms with Crippen molar-refractivity contribution in [3.8, 4) is 17.3 Å². The zero-order valence-electron chi connectivity index (χ0n) is 10.7. The van der Waals surface area contributed by atoms with Crippen molar-refractivity contribution in [3.05, 3.63) is 41.1 Å². The Morgan fingerprint density at radius 3 is 2.95 bits per heavy atom. The highest BCUT2D eigenvalue weighted by atomic mass is 19.2. The third-order valence-electron chi connectivity index (χ3n) is 3.42. The van der Waals surface area contributed by atoms with E-state index in [4.69, 9.17) is 5.26 Å². The molecule has 2 aromatic rings. The van der Waals surface area contributed by atoms with Crippen LogP contribution < -0.4 is 5.32 Å². The number of hydrogen-bond acceptors (Lipinski definition) is 3. The lowest BCUT2D eigenvalue weighted by Gasteiger charge is -2.14. The van der Waals surface area contributed by atoms with Gasteiger partial charge in [-0.1, -0.05) is 0 Å². The van der Waals surface area contributed by atoms with Gasteiger partial charge < -0.3 is 5.32 Å². The van der Waals surface area contributed by atoms with Gasteiger partial charge in [0.15, 0.2) is 11.6 Å². The molecule has 0 unspecified atom stereocenters. The number of rotatable bonds is 2. The van der Waals surface area contributed by atoms with Crippen molar-refractivity contribution in [3.63, 3.8) is 0 Å². The Labute approximate surface area is 114 Å². The normalized spacial score (nSPS) is 13.8. The second-order valence-electron chi connectivity index (χ2n) is 4.65. The summed E-state index contributed by atoms with van der Waals surface area (Å²) >= 11 is 0. The van der Waals surface area contributed by atoms with E-state index >= 15 is 0 Å². The van der Waals surface area contributed by atoms with Gasteiger partial charge in [-0.3, -0.25) is 4.68 Å². The van der Waals surface area contributed by atoms with Gasteiger partial charge >= 0.3 is 0 Å². The van der Waals surface area contributed by atoms with Crippen LogP contribution in [0, 0.1) is 23.0 Å². The first-order chi connectivity index (χ1) is 9.70. The summed E-state index contributed by atoms with van der Waals surface area (Å²) in [6.45, 7) is 1.60. The number of fused-ring (bicyclic) bond motifs is 1. The second-order valence-corrected chi connectivity index (χ2v) is 4.65. The van der Waals surface area contributed by atoms with Crippen molar-refractivity contribution in [2.45, 2.75) is 19.5 Å². The Morgan fingerprint density at radius 2 is 2.20 bits per heavy atom. The number of benzene rings is 1. The van der Waals surface area contributed by atoms with Crippen LogP contribution in [0.2, 0.25) is 0 Å². The molecule has 1 N–H and O–H groups in total. The monoisotopic (exact) mass is 274 g/mol. The summed E-state index contributed by atoms with van der Waals surface area (Å²) in [5.41, 5.74) is 3.09. The Morgan fingerprint density at radius 1 is 1.35 bits per heavy atom. The van der Waals surface area contributed by atoms with Crippen LogP contribution in [-0.4, -0.2) is 16.3 Å². The lowest BCUT2D eigenvalue weighted by atomic mass is 10.0. The van der Waals surface area contributed by atoms with E-state index in [1.807, 2.05) is 0 Å². The zero-order valence-corrected chi connectivity index (χ0v) is 10.7. The van der Waals surface area contributed by atoms with Crippen LogP contribution in [-0.2, 0) is 19.5 Å². The summed E-state index contributed by atoms with van der Waals surface area (Å²) in [5.74, 6) is -1.77. The molecule has 4 nitrogen and oxygen atoms in total. The summed E-state index contributed by atoms with van der Waals surface area (Å²) < 4.78 is 28.0. The molecule has 1 aromatic carbocycles. The summed E-state index contributed by atoms with van der Waals surface area (Å²) in [6.07, 6.45) is 0.772. The van der Waals surface area contributed by atoms with Crippen molar-refractivity contribution < 1.29 is 8.78 Å². The van der Waals surface area contributed by atoms with Gasteiger partial charge in [-0.15, -0.1) is 0 Å². The van der Waals surface area contributed by atoms with Crippen molar-refractivity contribution in [1.29, 1.82) is 5.26 Å². The molecule has 0 atom stereocenters. The molecule has 0 radical (unpaired) electrons. The molecule has 0 amide bonds. The molecule has 0 saturated heterocycles. The van der Waals surface area contributed by atoms with Crippen LogP contribution >= 0.6 is 0 Å². The van der Waals surface area contributed by atoms with Crippen molar-refractivity contribution in [1.82, 2.24) is 15.1 Å².